The lowest BCUT2D eigenvalue weighted by Gasteiger charge is -2.36. The van der Waals surface area contributed by atoms with Crippen LogP contribution in [0.3, 0.4) is 0 Å². The van der Waals surface area contributed by atoms with Crippen molar-refractivity contribution in [3.05, 3.63) is 0 Å². The number of cyclic esters (lactones) is 1. The van der Waals surface area contributed by atoms with E-state index in [2.05, 4.69) is 5.32 Å². The van der Waals surface area contributed by atoms with Crippen molar-refractivity contribution in [2.24, 2.45) is 5.41 Å². The van der Waals surface area contributed by atoms with Gasteiger partial charge in [-0.05, 0) is 0 Å². The third kappa shape index (κ3) is 3.81. The Bertz CT molecular complexity index is 282. The Morgan fingerprint density at radius 3 is 2.62 bits per heavy atom. The summed E-state index contributed by atoms with van der Waals surface area (Å²) >= 11 is 0. The summed E-state index contributed by atoms with van der Waals surface area (Å²) in [4.78, 5) is 22.1. The first kappa shape index (κ1) is 13.0. The molecule has 1 amide bonds. The average Bonchev–Trinajstić information content (AvgIpc) is 2.12. The monoisotopic (exact) mass is 229 g/mol. The molecular formula is C11H19NO4. The minimum absolute atomic E-state index is 0.130. The molecule has 0 bridgehead atoms. The lowest BCUT2D eigenvalue weighted by Crippen LogP contribution is -2.46. The first-order chi connectivity index (χ1) is 7.29. The summed E-state index contributed by atoms with van der Waals surface area (Å²) in [5.74, 6) is -0.406. The maximum Gasteiger partial charge on any atom is 0.310 e. The van der Waals surface area contributed by atoms with E-state index in [9.17, 15) is 9.59 Å². The van der Waals surface area contributed by atoms with Crippen LogP contribution in [0.1, 0.15) is 34.1 Å². The summed E-state index contributed by atoms with van der Waals surface area (Å²) in [6, 6.07) is 0. The summed E-state index contributed by atoms with van der Waals surface area (Å²) in [7, 11) is 0. The van der Waals surface area contributed by atoms with E-state index in [1.54, 1.807) is 0 Å². The van der Waals surface area contributed by atoms with Gasteiger partial charge in [0.25, 0.3) is 0 Å². The number of hydrogen-bond donors (Lipinski definition) is 1. The predicted molar refractivity (Wildman–Crippen MR) is 57.5 cm³/mol. The Balaban J connectivity index is 2.54. The number of hydrogen-bond acceptors (Lipinski definition) is 4. The molecule has 0 spiro atoms. The Morgan fingerprint density at radius 2 is 2.12 bits per heavy atom. The first-order valence-corrected chi connectivity index (χ1v) is 5.38. The minimum atomic E-state index is -0.549. The van der Waals surface area contributed by atoms with Gasteiger partial charge in [-0.2, -0.15) is 0 Å². The Kier molecular flexibility index (Phi) is 3.91. The standard InChI is InChI=1S/C11H19NO4/c1-7(13)12-6-8-5-9(14)16-10(15-8)11(2,3)4/h8,10H,5-6H2,1-4H3,(H,12,13). The number of carbonyl (C=O) groups is 2. The van der Waals surface area contributed by atoms with Gasteiger partial charge < -0.3 is 14.8 Å². The van der Waals surface area contributed by atoms with Gasteiger partial charge in [-0.15, -0.1) is 0 Å². The van der Waals surface area contributed by atoms with Crippen molar-refractivity contribution in [3.8, 4) is 0 Å². The number of rotatable bonds is 2. The van der Waals surface area contributed by atoms with Gasteiger partial charge in [0, 0.05) is 18.9 Å². The summed E-state index contributed by atoms with van der Waals surface area (Å²) < 4.78 is 10.7. The summed E-state index contributed by atoms with van der Waals surface area (Å²) in [5, 5.41) is 2.64. The molecule has 5 heteroatoms. The van der Waals surface area contributed by atoms with E-state index in [0.29, 0.717) is 6.54 Å². The van der Waals surface area contributed by atoms with Gasteiger partial charge in [0.2, 0.25) is 12.2 Å². The van der Waals surface area contributed by atoms with Gasteiger partial charge in [0.15, 0.2) is 0 Å². The topological polar surface area (TPSA) is 64.6 Å². The zero-order valence-corrected chi connectivity index (χ0v) is 10.2. The SMILES string of the molecule is CC(=O)NCC1CC(=O)OC(C(C)(C)C)O1. The van der Waals surface area contributed by atoms with E-state index in [1.807, 2.05) is 20.8 Å². The zero-order chi connectivity index (χ0) is 12.3. The van der Waals surface area contributed by atoms with Crippen molar-refractivity contribution < 1.29 is 19.1 Å². The van der Waals surface area contributed by atoms with E-state index in [0.717, 1.165) is 0 Å². The molecule has 1 fully saturated rings. The largest absolute Gasteiger partial charge is 0.435 e. The third-order valence-corrected chi connectivity index (χ3v) is 2.23. The fourth-order valence-corrected chi connectivity index (χ4v) is 1.36. The van der Waals surface area contributed by atoms with Crippen LogP contribution in [0.25, 0.3) is 0 Å². The number of ether oxygens (including phenoxy) is 2. The molecule has 0 radical (unpaired) electrons. The highest BCUT2D eigenvalue weighted by Gasteiger charge is 2.36. The molecule has 5 nitrogen and oxygen atoms in total. The molecule has 1 aliphatic rings. The molecule has 0 saturated carbocycles. The quantitative estimate of drug-likeness (QED) is 0.712. The molecule has 0 aromatic carbocycles. The second-order valence-corrected chi connectivity index (χ2v) is 5.09. The summed E-state index contributed by atoms with van der Waals surface area (Å²) in [5.41, 5.74) is -0.259. The molecule has 92 valence electrons. The van der Waals surface area contributed by atoms with E-state index in [1.165, 1.54) is 6.92 Å². The maximum absolute atomic E-state index is 11.4. The molecule has 0 aromatic rings. The van der Waals surface area contributed by atoms with Crippen molar-refractivity contribution in [3.63, 3.8) is 0 Å². The highest BCUT2D eigenvalue weighted by Crippen LogP contribution is 2.28. The molecule has 0 aliphatic carbocycles. The predicted octanol–water partition coefficient (Wildman–Crippen LogP) is 0.827. The molecule has 1 heterocycles. The van der Waals surface area contributed by atoms with Crippen LogP contribution in [0.2, 0.25) is 0 Å². The van der Waals surface area contributed by atoms with Crippen LogP contribution in [0.4, 0.5) is 0 Å². The van der Waals surface area contributed by atoms with Gasteiger partial charge in [-0.25, -0.2) is 0 Å². The van der Waals surface area contributed by atoms with Crippen molar-refractivity contribution in [1.29, 1.82) is 0 Å². The smallest absolute Gasteiger partial charge is 0.310 e. The van der Waals surface area contributed by atoms with Crippen LogP contribution >= 0.6 is 0 Å². The van der Waals surface area contributed by atoms with E-state index in [-0.39, 0.29) is 29.8 Å². The number of esters is 1. The van der Waals surface area contributed by atoms with E-state index < -0.39 is 6.29 Å². The van der Waals surface area contributed by atoms with Crippen molar-refractivity contribution in [2.75, 3.05) is 6.54 Å². The highest BCUT2D eigenvalue weighted by atomic mass is 16.7. The van der Waals surface area contributed by atoms with Crippen LogP contribution in [0.15, 0.2) is 0 Å². The lowest BCUT2D eigenvalue weighted by molar-refractivity contribution is -0.242. The second-order valence-electron chi connectivity index (χ2n) is 5.09. The Hall–Kier alpha value is -1.10. The van der Waals surface area contributed by atoms with Crippen LogP contribution in [-0.4, -0.2) is 30.8 Å². The first-order valence-electron chi connectivity index (χ1n) is 5.38. The van der Waals surface area contributed by atoms with E-state index >= 15 is 0 Å². The molecule has 1 aliphatic heterocycles. The van der Waals surface area contributed by atoms with Gasteiger partial charge >= 0.3 is 5.97 Å². The number of nitrogens with one attached hydrogen (secondary N) is 1. The summed E-state index contributed by atoms with van der Waals surface area (Å²) in [6.45, 7) is 7.59. The van der Waals surface area contributed by atoms with E-state index in [4.69, 9.17) is 9.47 Å². The molecular weight excluding hydrogens is 210 g/mol. The molecule has 1 rings (SSSR count). The molecule has 1 N–H and O–H groups in total. The Morgan fingerprint density at radius 1 is 1.50 bits per heavy atom. The van der Waals surface area contributed by atoms with Gasteiger partial charge in [-0.3, -0.25) is 9.59 Å². The van der Waals surface area contributed by atoms with Crippen LogP contribution < -0.4 is 5.32 Å². The summed E-state index contributed by atoms with van der Waals surface area (Å²) in [6.07, 6.45) is -0.658. The molecule has 16 heavy (non-hydrogen) atoms. The van der Waals surface area contributed by atoms with Crippen molar-refractivity contribution >= 4 is 11.9 Å². The fraction of sp³-hybridized carbons (Fsp3) is 0.818. The maximum atomic E-state index is 11.4. The Labute approximate surface area is 95.5 Å². The fourth-order valence-electron chi connectivity index (χ4n) is 1.36. The average molecular weight is 229 g/mol. The van der Waals surface area contributed by atoms with Crippen LogP contribution in [0.5, 0.6) is 0 Å². The van der Waals surface area contributed by atoms with Crippen molar-refractivity contribution in [2.45, 2.75) is 46.5 Å². The van der Waals surface area contributed by atoms with Crippen molar-refractivity contribution in [1.82, 2.24) is 5.32 Å². The van der Waals surface area contributed by atoms with Gasteiger partial charge in [0.1, 0.15) is 0 Å². The highest BCUT2D eigenvalue weighted by molar-refractivity contribution is 5.73. The third-order valence-electron chi connectivity index (χ3n) is 2.23. The second kappa shape index (κ2) is 4.82. The molecule has 2 unspecified atom stereocenters. The molecule has 0 aromatic heterocycles. The number of amides is 1. The minimum Gasteiger partial charge on any atom is -0.435 e. The molecule has 2 atom stereocenters. The van der Waals surface area contributed by atoms with Gasteiger partial charge in [-0.1, -0.05) is 20.8 Å². The number of carbonyl (C=O) groups excluding carboxylic acids is 2. The van der Waals surface area contributed by atoms with Crippen LogP contribution in [-0.2, 0) is 19.1 Å². The van der Waals surface area contributed by atoms with Crippen LogP contribution in [0, 0.1) is 5.41 Å². The van der Waals surface area contributed by atoms with Gasteiger partial charge in [0.05, 0.1) is 12.5 Å². The molecule has 1 saturated heterocycles. The zero-order valence-electron chi connectivity index (χ0n) is 10.2. The lowest BCUT2D eigenvalue weighted by atomic mass is 9.95. The normalized spacial score (nSPS) is 26.1.